The third-order valence-electron chi connectivity index (χ3n) is 5.38. The molecule has 0 saturated carbocycles. The van der Waals surface area contributed by atoms with E-state index in [0.717, 1.165) is 28.1 Å². The van der Waals surface area contributed by atoms with Gasteiger partial charge in [0.1, 0.15) is 28.5 Å². The van der Waals surface area contributed by atoms with Crippen molar-refractivity contribution in [1.82, 2.24) is 24.3 Å². The number of esters is 1. The summed E-state index contributed by atoms with van der Waals surface area (Å²) in [6.45, 7) is 3.70. The molecule has 0 aliphatic carbocycles. The number of imidazole rings is 1. The van der Waals surface area contributed by atoms with Gasteiger partial charge in [0.2, 0.25) is 0 Å². The quantitative estimate of drug-likeness (QED) is 0.271. The van der Waals surface area contributed by atoms with Crippen molar-refractivity contribution in [2.24, 2.45) is 7.05 Å². The number of carbonyl (C=O) groups is 1. The van der Waals surface area contributed by atoms with Gasteiger partial charge in [-0.3, -0.25) is 14.2 Å². The standard InChI is InChI=1S/C24H27N7O3/c1-5-34-22(33)12-18(28-23-20(14-32)29-30(4)24(23)25-3)16-6-8-17(9-7-16)31-15(2)27-19-13-26-11-10-21(19)31/h6-13,25,28,32H,5,14H2,1-4H3/b18-12+. The summed E-state index contributed by atoms with van der Waals surface area (Å²) in [6.07, 6.45) is 4.88. The van der Waals surface area contributed by atoms with Crippen LogP contribution in [0.3, 0.4) is 0 Å². The lowest BCUT2D eigenvalue weighted by Crippen LogP contribution is -2.08. The number of aliphatic hydroxyl groups is 1. The Bertz CT molecular complexity index is 1350. The zero-order chi connectivity index (χ0) is 24.2. The van der Waals surface area contributed by atoms with Crippen molar-refractivity contribution in [1.29, 1.82) is 0 Å². The van der Waals surface area contributed by atoms with Gasteiger partial charge in [0.05, 0.1) is 30.6 Å². The van der Waals surface area contributed by atoms with Gasteiger partial charge in [-0.2, -0.15) is 5.10 Å². The van der Waals surface area contributed by atoms with Crippen molar-refractivity contribution in [2.45, 2.75) is 20.5 Å². The number of aryl methyl sites for hydroxylation is 2. The molecule has 0 aliphatic heterocycles. The van der Waals surface area contributed by atoms with E-state index < -0.39 is 5.97 Å². The van der Waals surface area contributed by atoms with Crippen molar-refractivity contribution >= 4 is 34.2 Å². The lowest BCUT2D eigenvalue weighted by Gasteiger charge is -2.14. The monoisotopic (exact) mass is 461 g/mol. The van der Waals surface area contributed by atoms with E-state index in [1.807, 2.05) is 41.8 Å². The van der Waals surface area contributed by atoms with Crippen LogP contribution in [0.2, 0.25) is 0 Å². The van der Waals surface area contributed by atoms with E-state index in [9.17, 15) is 9.90 Å². The number of anilines is 2. The van der Waals surface area contributed by atoms with Gasteiger partial charge >= 0.3 is 5.97 Å². The molecule has 34 heavy (non-hydrogen) atoms. The Kier molecular flexibility index (Phi) is 6.60. The topological polar surface area (TPSA) is 119 Å². The Balaban J connectivity index is 1.75. The molecule has 0 radical (unpaired) electrons. The maximum atomic E-state index is 12.3. The summed E-state index contributed by atoms with van der Waals surface area (Å²) in [4.78, 5) is 21.1. The van der Waals surface area contributed by atoms with Crippen molar-refractivity contribution in [2.75, 3.05) is 24.3 Å². The minimum atomic E-state index is -0.474. The fourth-order valence-corrected chi connectivity index (χ4v) is 3.91. The number of benzene rings is 1. The number of hydrogen-bond acceptors (Lipinski definition) is 8. The molecule has 10 heteroatoms. The first-order valence-corrected chi connectivity index (χ1v) is 10.9. The van der Waals surface area contributed by atoms with Crippen LogP contribution in [0.25, 0.3) is 22.4 Å². The van der Waals surface area contributed by atoms with Crippen molar-refractivity contribution < 1.29 is 14.6 Å². The van der Waals surface area contributed by atoms with E-state index >= 15 is 0 Å². The zero-order valence-electron chi connectivity index (χ0n) is 19.5. The number of aliphatic hydroxyl groups excluding tert-OH is 1. The normalized spacial score (nSPS) is 11.6. The van der Waals surface area contributed by atoms with Crippen molar-refractivity contribution in [3.05, 3.63) is 65.9 Å². The van der Waals surface area contributed by atoms with Crippen LogP contribution >= 0.6 is 0 Å². The molecule has 4 rings (SSSR count). The Morgan fingerprint density at radius 3 is 2.68 bits per heavy atom. The van der Waals surface area contributed by atoms with Crippen molar-refractivity contribution in [3.63, 3.8) is 0 Å². The first-order valence-electron chi connectivity index (χ1n) is 10.9. The molecule has 0 spiro atoms. The number of fused-ring (bicyclic) bond motifs is 1. The Hall–Kier alpha value is -4.18. The van der Waals surface area contributed by atoms with Crippen LogP contribution in [-0.2, 0) is 23.2 Å². The smallest absolute Gasteiger partial charge is 0.332 e. The number of nitrogens with zero attached hydrogens (tertiary/aromatic N) is 5. The molecule has 0 saturated heterocycles. The Morgan fingerprint density at radius 2 is 2.00 bits per heavy atom. The number of hydrogen-bond donors (Lipinski definition) is 3. The highest BCUT2D eigenvalue weighted by molar-refractivity contribution is 5.96. The molecular weight excluding hydrogens is 434 g/mol. The molecule has 3 N–H and O–H groups in total. The number of carbonyl (C=O) groups excluding carboxylic acids is 1. The summed E-state index contributed by atoms with van der Waals surface area (Å²) in [7, 11) is 3.53. The fourth-order valence-electron chi connectivity index (χ4n) is 3.91. The van der Waals surface area contributed by atoms with Gasteiger partial charge in [-0.25, -0.2) is 9.78 Å². The number of aromatic nitrogens is 5. The third kappa shape index (κ3) is 4.35. The van der Waals surface area contributed by atoms with Crippen molar-refractivity contribution in [3.8, 4) is 5.69 Å². The highest BCUT2D eigenvalue weighted by Crippen LogP contribution is 2.30. The molecule has 0 aliphatic rings. The number of pyridine rings is 1. The van der Waals surface area contributed by atoms with E-state index in [1.165, 1.54) is 6.08 Å². The molecule has 0 bridgehead atoms. The first kappa shape index (κ1) is 23.0. The number of ether oxygens (including phenoxy) is 1. The molecule has 3 heterocycles. The predicted octanol–water partition coefficient (Wildman–Crippen LogP) is 3.01. The average molecular weight is 462 g/mol. The van der Waals surface area contributed by atoms with Gasteiger partial charge in [-0.15, -0.1) is 0 Å². The second-order valence-corrected chi connectivity index (χ2v) is 7.54. The molecule has 1 aromatic carbocycles. The van der Waals surface area contributed by atoms with E-state index in [4.69, 9.17) is 4.74 Å². The second kappa shape index (κ2) is 9.75. The molecule has 3 aromatic heterocycles. The Morgan fingerprint density at radius 1 is 1.24 bits per heavy atom. The van der Waals surface area contributed by atoms with Crippen LogP contribution in [0.5, 0.6) is 0 Å². The molecule has 0 atom stereocenters. The summed E-state index contributed by atoms with van der Waals surface area (Å²) in [5.41, 5.74) is 5.02. The highest BCUT2D eigenvalue weighted by Gasteiger charge is 2.18. The van der Waals surface area contributed by atoms with Crippen LogP contribution < -0.4 is 10.6 Å². The second-order valence-electron chi connectivity index (χ2n) is 7.54. The maximum absolute atomic E-state index is 12.3. The summed E-state index contributed by atoms with van der Waals surface area (Å²) in [6, 6.07) is 9.66. The molecule has 0 amide bonds. The predicted molar refractivity (Wildman–Crippen MR) is 131 cm³/mol. The number of rotatable bonds is 8. The minimum Gasteiger partial charge on any atom is -0.463 e. The summed E-state index contributed by atoms with van der Waals surface area (Å²) >= 11 is 0. The highest BCUT2D eigenvalue weighted by atomic mass is 16.5. The van der Waals surface area contributed by atoms with Crippen LogP contribution in [0.15, 0.2) is 48.8 Å². The first-order chi connectivity index (χ1) is 16.5. The van der Waals surface area contributed by atoms with Gasteiger partial charge in [0.25, 0.3) is 0 Å². The van der Waals surface area contributed by atoms with Gasteiger partial charge in [0, 0.05) is 32.1 Å². The van der Waals surface area contributed by atoms with Crippen LogP contribution in [-0.4, -0.2) is 49.0 Å². The lowest BCUT2D eigenvalue weighted by atomic mass is 10.1. The van der Waals surface area contributed by atoms with Gasteiger partial charge < -0.3 is 20.5 Å². The van der Waals surface area contributed by atoms with Gasteiger partial charge in [0.15, 0.2) is 0 Å². The van der Waals surface area contributed by atoms with E-state index in [-0.39, 0.29) is 13.2 Å². The van der Waals surface area contributed by atoms with Crippen LogP contribution in [0.4, 0.5) is 11.5 Å². The summed E-state index contributed by atoms with van der Waals surface area (Å²) < 4.78 is 8.81. The van der Waals surface area contributed by atoms with Crippen LogP contribution in [0, 0.1) is 6.92 Å². The molecule has 176 valence electrons. The molecule has 10 nitrogen and oxygen atoms in total. The lowest BCUT2D eigenvalue weighted by molar-refractivity contribution is -0.137. The number of nitrogens with one attached hydrogen (secondary N) is 2. The molecular formula is C24H27N7O3. The van der Waals surface area contributed by atoms with E-state index in [0.29, 0.717) is 22.9 Å². The summed E-state index contributed by atoms with van der Waals surface area (Å²) in [5, 5.41) is 20.5. The van der Waals surface area contributed by atoms with Crippen LogP contribution in [0.1, 0.15) is 24.0 Å². The largest absolute Gasteiger partial charge is 0.463 e. The molecule has 0 fully saturated rings. The van der Waals surface area contributed by atoms with E-state index in [1.54, 1.807) is 38.1 Å². The molecule has 4 aromatic rings. The SMILES string of the molecule is CCOC(=O)/C=C(/Nc1c(CO)nn(C)c1NC)c1ccc(-n2c(C)nc3cnccc32)cc1. The molecule has 0 unspecified atom stereocenters. The average Bonchev–Trinajstić information content (AvgIpc) is 3.33. The summed E-state index contributed by atoms with van der Waals surface area (Å²) in [5.74, 6) is 1.04. The fraction of sp³-hybridized carbons (Fsp3) is 0.250. The van der Waals surface area contributed by atoms with Gasteiger partial charge in [-0.1, -0.05) is 12.1 Å². The van der Waals surface area contributed by atoms with E-state index in [2.05, 4.69) is 25.7 Å². The zero-order valence-corrected chi connectivity index (χ0v) is 19.5. The maximum Gasteiger partial charge on any atom is 0.332 e. The minimum absolute atomic E-state index is 0.259. The third-order valence-corrected chi connectivity index (χ3v) is 5.38. The Labute approximate surface area is 196 Å². The van der Waals surface area contributed by atoms with Gasteiger partial charge in [-0.05, 0) is 37.6 Å².